The Kier molecular flexibility index (Phi) is 3.08. The van der Waals surface area contributed by atoms with Gasteiger partial charge in [0.15, 0.2) is 9.84 Å². The molecule has 2 heterocycles. The molecule has 2 aliphatic heterocycles. The zero-order chi connectivity index (χ0) is 10.9. The van der Waals surface area contributed by atoms with E-state index in [0.717, 1.165) is 25.8 Å². The Morgan fingerprint density at radius 1 is 1.47 bits per heavy atom. The normalized spacial score (nSPS) is 39.7. The molecule has 3 nitrogen and oxygen atoms in total. The van der Waals surface area contributed by atoms with Crippen LogP contribution in [0.4, 0.5) is 0 Å². The molecule has 15 heavy (non-hydrogen) atoms. The van der Waals surface area contributed by atoms with Crippen LogP contribution >= 0.6 is 0 Å². The van der Waals surface area contributed by atoms with E-state index in [9.17, 15) is 8.42 Å². The Morgan fingerprint density at radius 2 is 2.27 bits per heavy atom. The maximum atomic E-state index is 11.4. The number of hydrogen-bond acceptors (Lipinski definition) is 3. The Balaban J connectivity index is 1.96. The lowest BCUT2D eigenvalue weighted by atomic mass is 9.84. The van der Waals surface area contributed by atoms with Crippen molar-refractivity contribution in [3.63, 3.8) is 0 Å². The summed E-state index contributed by atoms with van der Waals surface area (Å²) in [7, 11) is -2.70. The molecule has 2 atom stereocenters. The van der Waals surface area contributed by atoms with Crippen LogP contribution in [0.1, 0.15) is 39.0 Å². The summed E-state index contributed by atoms with van der Waals surface area (Å²) in [6.07, 6.45) is 5.53. The van der Waals surface area contributed by atoms with Gasteiger partial charge in [-0.2, -0.15) is 0 Å². The highest BCUT2D eigenvalue weighted by atomic mass is 32.2. The molecule has 0 aromatic rings. The second-order valence-corrected chi connectivity index (χ2v) is 7.37. The molecule has 0 aliphatic carbocycles. The van der Waals surface area contributed by atoms with Crippen molar-refractivity contribution in [2.75, 3.05) is 18.1 Å². The fourth-order valence-electron chi connectivity index (χ4n) is 3.07. The summed E-state index contributed by atoms with van der Waals surface area (Å²) >= 11 is 0. The van der Waals surface area contributed by atoms with Crippen LogP contribution < -0.4 is 5.32 Å². The minimum absolute atomic E-state index is 0.254. The summed E-state index contributed by atoms with van der Waals surface area (Å²) in [5.74, 6) is 1.24. The van der Waals surface area contributed by atoms with Gasteiger partial charge in [0.05, 0.1) is 11.5 Å². The van der Waals surface area contributed by atoms with Crippen LogP contribution in [0.2, 0.25) is 0 Å². The molecule has 0 aromatic carbocycles. The zero-order valence-corrected chi connectivity index (χ0v) is 10.3. The SMILES string of the molecule is CCC1(CC2CCS(=O)(=O)C2)CCCN1. The highest BCUT2D eigenvalue weighted by Gasteiger charge is 2.37. The van der Waals surface area contributed by atoms with Crippen LogP contribution in [0, 0.1) is 5.92 Å². The summed E-state index contributed by atoms with van der Waals surface area (Å²) in [4.78, 5) is 0. The second kappa shape index (κ2) is 4.06. The van der Waals surface area contributed by atoms with Crippen LogP contribution in [-0.2, 0) is 9.84 Å². The Morgan fingerprint density at radius 3 is 2.73 bits per heavy atom. The number of nitrogens with one attached hydrogen (secondary N) is 1. The Labute approximate surface area is 92.6 Å². The monoisotopic (exact) mass is 231 g/mol. The molecular weight excluding hydrogens is 210 g/mol. The summed E-state index contributed by atoms with van der Waals surface area (Å²) in [5.41, 5.74) is 0.254. The molecule has 0 amide bonds. The molecule has 2 aliphatic rings. The minimum atomic E-state index is -2.70. The van der Waals surface area contributed by atoms with Crippen LogP contribution in [0.5, 0.6) is 0 Å². The van der Waals surface area contributed by atoms with Gasteiger partial charge in [-0.15, -0.1) is 0 Å². The van der Waals surface area contributed by atoms with Crippen molar-refractivity contribution >= 4 is 9.84 Å². The average Bonchev–Trinajstić information content (AvgIpc) is 2.75. The van der Waals surface area contributed by atoms with Crippen LogP contribution in [0.25, 0.3) is 0 Å². The van der Waals surface area contributed by atoms with Crippen molar-refractivity contribution in [2.24, 2.45) is 5.92 Å². The van der Waals surface area contributed by atoms with E-state index in [2.05, 4.69) is 12.2 Å². The summed E-state index contributed by atoms with van der Waals surface area (Å²) in [5, 5.41) is 3.58. The molecule has 88 valence electrons. The van der Waals surface area contributed by atoms with Crippen molar-refractivity contribution in [3.8, 4) is 0 Å². The van der Waals surface area contributed by atoms with Gasteiger partial charge >= 0.3 is 0 Å². The standard InChI is InChI=1S/C11H21NO2S/c1-2-11(5-3-6-12-11)8-10-4-7-15(13,14)9-10/h10,12H,2-9H2,1H3. The van der Waals surface area contributed by atoms with E-state index < -0.39 is 9.84 Å². The summed E-state index contributed by atoms with van der Waals surface area (Å²) < 4.78 is 22.8. The quantitative estimate of drug-likeness (QED) is 0.797. The van der Waals surface area contributed by atoms with E-state index in [1.54, 1.807) is 0 Å². The largest absolute Gasteiger partial charge is 0.311 e. The van der Waals surface area contributed by atoms with Crippen molar-refractivity contribution in [1.82, 2.24) is 5.32 Å². The van der Waals surface area contributed by atoms with Gasteiger partial charge in [-0.05, 0) is 44.6 Å². The van der Waals surface area contributed by atoms with Gasteiger partial charge in [0.2, 0.25) is 0 Å². The van der Waals surface area contributed by atoms with Crippen molar-refractivity contribution in [1.29, 1.82) is 0 Å². The predicted molar refractivity (Wildman–Crippen MR) is 61.6 cm³/mol. The minimum Gasteiger partial charge on any atom is -0.311 e. The Hall–Kier alpha value is -0.0900. The maximum Gasteiger partial charge on any atom is 0.150 e. The first kappa shape index (κ1) is 11.4. The van der Waals surface area contributed by atoms with Crippen LogP contribution in [-0.4, -0.2) is 32.0 Å². The van der Waals surface area contributed by atoms with Gasteiger partial charge in [0.1, 0.15) is 0 Å². The van der Waals surface area contributed by atoms with E-state index in [-0.39, 0.29) is 5.54 Å². The van der Waals surface area contributed by atoms with E-state index in [1.165, 1.54) is 12.8 Å². The molecular formula is C11H21NO2S. The van der Waals surface area contributed by atoms with Gasteiger partial charge < -0.3 is 5.32 Å². The lowest BCUT2D eigenvalue weighted by Gasteiger charge is -2.30. The second-order valence-electron chi connectivity index (χ2n) is 5.14. The van der Waals surface area contributed by atoms with E-state index in [1.807, 2.05) is 0 Å². The first-order valence-electron chi connectivity index (χ1n) is 6.01. The third-order valence-corrected chi connectivity index (χ3v) is 5.85. The molecule has 0 spiro atoms. The highest BCUT2D eigenvalue weighted by Crippen LogP contribution is 2.34. The summed E-state index contributed by atoms with van der Waals surface area (Å²) in [6.45, 7) is 3.31. The first-order valence-corrected chi connectivity index (χ1v) is 7.83. The van der Waals surface area contributed by atoms with Crippen molar-refractivity contribution in [3.05, 3.63) is 0 Å². The molecule has 2 saturated heterocycles. The van der Waals surface area contributed by atoms with Crippen molar-refractivity contribution in [2.45, 2.75) is 44.6 Å². The molecule has 1 N–H and O–H groups in total. The number of sulfone groups is 1. The number of rotatable bonds is 3. The predicted octanol–water partition coefficient (Wildman–Crippen LogP) is 1.34. The molecule has 0 radical (unpaired) electrons. The molecule has 2 rings (SSSR count). The highest BCUT2D eigenvalue weighted by molar-refractivity contribution is 7.91. The molecule has 4 heteroatoms. The van der Waals surface area contributed by atoms with E-state index in [4.69, 9.17) is 0 Å². The lowest BCUT2D eigenvalue weighted by Crippen LogP contribution is -2.41. The molecule has 2 fully saturated rings. The molecule has 0 saturated carbocycles. The topological polar surface area (TPSA) is 46.2 Å². The van der Waals surface area contributed by atoms with E-state index >= 15 is 0 Å². The van der Waals surface area contributed by atoms with Gasteiger partial charge in [-0.1, -0.05) is 6.92 Å². The maximum absolute atomic E-state index is 11.4. The van der Waals surface area contributed by atoms with E-state index in [0.29, 0.717) is 17.4 Å². The fourth-order valence-corrected chi connectivity index (χ4v) is 4.94. The molecule has 0 aromatic heterocycles. The smallest absolute Gasteiger partial charge is 0.150 e. The van der Waals surface area contributed by atoms with Gasteiger partial charge in [0, 0.05) is 5.54 Å². The lowest BCUT2D eigenvalue weighted by molar-refractivity contribution is 0.287. The first-order chi connectivity index (χ1) is 7.05. The van der Waals surface area contributed by atoms with Gasteiger partial charge in [-0.3, -0.25) is 0 Å². The third kappa shape index (κ3) is 2.53. The molecule has 0 bridgehead atoms. The van der Waals surface area contributed by atoms with Crippen LogP contribution in [0.15, 0.2) is 0 Å². The number of hydrogen-bond donors (Lipinski definition) is 1. The van der Waals surface area contributed by atoms with Crippen molar-refractivity contribution < 1.29 is 8.42 Å². The zero-order valence-electron chi connectivity index (χ0n) is 9.46. The molecule has 2 unspecified atom stereocenters. The van der Waals surface area contributed by atoms with Crippen LogP contribution in [0.3, 0.4) is 0 Å². The fraction of sp³-hybridized carbons (Fsp3) is 1.00. The Bertz CT molecular complexity index is 317. The summed E-state index contributed by atoms with van der Waals surface area (Å²) in [6, 6.07) is 0. The van der Waals surface area contributed by atoms with Gasteiger partial charge in [-0.25, -0.2) is 8.42 Å². The third-order valence-electron chi connectivity index (χ3n) is 4.02. The average molecular weight is 231 g/mol. The van der Waals surface area contributed by atoms with Gasteiger partial charge in [0.25, 0.3) is 0 Å².